The van der Waals surface area contributed by atoms with Crippen molar-refractivity contribution in [2.75, 3.05) is 13.1 Å². The van der Waals surface area contributed by atoms with Gasteiger partial charge in [0.2, 0.25) is 10.0 Å². The number of carbonyl (C=O) groups is 1. The third kappa shape index (κ3) is 4.95. The Labute approximate surface area is 124 Å². The number of benzene rings is 1. The van der Waals surface area contributed by atoms with E-state index in [1.807, 2.05) is 6.92 Å². The molecule has 116 valence electrons. The molecule has 21 heavy (non-hydrogen) atoms. The predicted molar refractivity (Wildman–Crippen MR) is 79.0 cm³/mol. The summed E-state index contributed by atoms with van der Waals surface area (Å²) in [6, 6.07) is 3.25. The van der Waals surface area contributed by atoms with Gasteiger partial charge in [-0.05, 0) is 24.6 Å². The van der Waals surface area contributed by atoms with Gasteiger partial charge in [0.1, 0.15) is 10.7 Å². The normalized spacial score (nSPS) is 11.1. The second kappa shape index (κ2) is 7.90. The fourth-order valence-electron chi connectivity index (χ4n) is 1.58. The summed E-state index contributed by atoms with van der Waals surface area (Å²) >= 11 is 0. The molecule has 0 saturated heterocycles. The van der Waals surface area contributed by atoms with Crippen LogP contribution in [0.2, 0.25) is 0 Å². The maximum atomic E-state index is 13.7. The second-order valence-electron chi connectivity index (χ2n) is 4.40. The second-order valence-corrected chi connectivity index (χ2v) is 6.13. The minimum Gasteiger partial charge on any atom is -0.352 e. The van der Waals surface area contributed by atoms with Crippen LogP contribution < -0.4 is 10.0 Å². The van der Waals surface area contributed by atoms with Gasteiger partial charge in [-0.15, -0.1) is 6.58 Å². The third-order valence-corrected chi connectivity index (χ3v) is 4.16. The van der Waals surface area contributed by atoms with E-state index < -0.39 is 26.6 Å². The average Bonchev–Trinajstić information content (AvgIpc) is 2.45. The van der Waals surface area contributed by atoms with Gasteiger partial charge in [-0.1, -0.05) is 19.4 Å². The van der Waals surface area contributed by atoms with Crippen molar-refractivity contribution in [2.45, 2.75) is 24.7 Å². The van der Waals surface area contributed by atoms with Crippen LogP contribution in [-0.4, -0.2) is 27.4 Å². The highest BCUT2D eigenvalue weighted by atomic mass is 32.2. The lowest BCUT2D eigenvalue weighted by Crippen LogP contribution is -2.27. The summed E-state index contributed by atoms with van der Waals surface area (Å²) in [6.07, 6.45) is 3.09. The number of nitrogens with one attached hydrogen (secondary N) is 2. The fourth-order valence-corrected chi connectivity index (χ4v) is 2.68. The van der Waals surface area contributed by atoms with E-state index in [9.17, 15) is 17.6 Å². The Hall–Kier alpha value is -1.73. The van der Waals surface area contributed by atoms with E-state index in [1.54, 1.807) is 0 Å². The van der Waals surface area contributed by atoms with Crippen LogP contribution in [0.25, 0.3) is 0 Å². The number of unbranched alkanes of at least 4 members (excludes halogenated alkanes) is 1. The number of amides is 1. The SMILES string of the molecule is C=CCNS(=O)(=O)c1cc(C(=O)NCCCC)ccc1F. The van der Waals surface area contributed by atoms with Crippen LogP contribution in [0.4, 0.5) is 4.39 Å². The maximum absolute atomic E-state index is 13.7. The molecular formula is C14H19FN2O3S. The highest BCUT2D eigenvalue weighted by molar-refractivity contribution is 7.89. The molecule has 7 heteroatoms. The van der Waals surface area contributed by atoms with E-state index in [-0.39, 0.29) is 12.1 Å². The lowest BCUT2D eigenvalue weighted by molar-refractivity contribution is 0.0953. The first kappa shape index (κ1) is 17.3. The average molecular weight is 314 g/mol. The minimum absolute atomic E-state index is 0.0191. The minimum atomic E-state index is -4.01. The van der Waals surface area contributed by atoms with Gasteiger partial charge >= 0.3 is 0 Å². The lowest BCUT2D eigenvalue weighted by Gasteiger charge is -2.09. The molecule has 0 spiro atoms. The van der Waals surface area contributed by atoms with E-state index in [1.165, 1.54) is 12.1 Å². The van der Waals surface area contributed by atoms with E-state index in [4.69, 9.17) is 0 Å². The molecule has 0 saturated carbocycles. The summed E-state index contributed by atoms with van der Waals surface area (Å²) in [4.78, 5) is 11.3. The summed E-state index contributed by atoms with van der Waals surface area (Å²) in [5.74, 6) is -1.33. The molecule has 0 atom stereocenters. The van der Waals surface area contributed by atoms with Gasteiger partial charge < -0.3 is 5.32 Å². The molecule has 0 bridgehead atoms. The van der Waals surface area contributed by atoms with Crippen LogP contribution in [0.15, 0.2) is 35.7 Å². The standard InChI is InChI=1S/C14H19FN2O3S/c1-3-5-9-16-14(18)11-6-7-12(15)13(10-11)21(19,20)17-8-4-2/h4,6-7,10,17H,2-3,5,8-9H2,1H3,(H,16,18). The molecule has 0 unspecified atom stereocenters. The molecule has 0 aliphatic carbocycles. The van der Waals surface area contributed by atoms with Gasteiger partial charge in [-0.3, -0.25) is 4.79 Å². The van der Waals surface area contributed by atoms with Gasteiger partial charge in [0.05, 0.1) is 0 Å². The number of rotatable bonds is 8. The first-order valence-electron chi connectivity index (χ1n) is 6.60. The smallest absolute Gasteiger partial charge is 0.251 e. The Kier molecular flexibility index (Phi) is 6.51. The van der Waals surface area contributed by atoms with Crippen molar-refractivity contribution in [1.82, 2.24) is 10.0 Å². The van der Waals surface area contributed by atoms with Crippen LogP contribution in [0.5, 0.6) is 0 Å². The van der Waals surface area contributed by atoms with Crippen LogP contribution in [0, 0.1) is 5.82 Å². The molecule has 0 aliphatic heterocycles. The highest BCUT2D eigenvalue weighted by Crippen LogP contribution is 2.16. The van der Waals surface area contributed by atoms with Crippen molar-refractivity contribution < 1.29 is 17.6 Å². The molecule has 0 radical (unpaired) electrons. The first-order valence-corrected chi connectivity index (χ1v) is 8.09. The zero-order chi connectivity index (χ0) is 15.9. The molecule has 1 aromatic rings. The van der Waals surface area contributed by atoms with Crippen molar-refractivity contribution in [3.05, 3.63) is 42.2 Å². The van der Waals surface area contributed by atoms with Crippen LogP contribution in [0.1, 0.15) is 30.1 Å². The van der Waals surface area contributed by atoms with Crippen molar-refractivity contribution in [1.29, 1.82) is 0 Å². The van der Waals surface area contributed by atoms with Crippen LogP contribution in [0.3, 0.4) is 0 Å². The number of halogens is 1. The van der Waals surface area contributed by atoms with Gasteiger partial charge in [-0.25, -0.2) is 17.5 Å². The van der Waals surface area contributed by atoms with Crippen molar-refractivity contribution in [2.24, 2.45) is 0 Å². The molecule has 0 heterocycles. The van der Waals surface area contributed by atoms with Gasteiger partial charge in [0.25, 0.3) is 5.91 Å². The van der Waals surface area contributed by atoms with E-state index in [0.29, 0.717) is 6.54 Å². The molecule has 0 aromatic heterocycles. The first-order chi connectivity index (χ1) is 9.92. The largest absolute Gasteiger partial charge is 0.352 e. The highest BCUT2D eigenvalue weighted by Gasteiger charge is 2.20. The number of sulfonamides is 1. The molecule has 2 N–H and O–H groups in total. The number of hydrogen-bond donors (Lipinski definition) is 2. The van der Waals surface area contributed by atoms with Gasteiger partial charge in [0, 0.05) is 18.7 Å². The van der Waals surface area contributed by atoms with E-state index in [2.05, 4.69) is 16.6 Å². The molecule has 0 aliphatic rings. The summed E-state index contributed by atoms with van der Waals surface area (Å²) in [7, 11) is -4.01. The molecule has 1 rings (SSSR count). The summed E-state index contributed by atoms with van der Waals surface area (Å²) in [5, 5.41) is 2.65. The van der Waals surface area contributed by atoms with Crippen molar-refractivity contribution in [3.63, 3.8) is 0 Å². The van der Waals surface area contributed by atoms with Gasteiger partial charge in [0.15, 0.2) is 0 Å². The van der Waals surface area contributed by atoms with Crippen LogP contribution in [-0.2, 0) is 10.0 Å². The Morgan fingerprint density at radius 3 is 2.76 bits per heavy atom. The lowest BCUT2D eigenvalue weighted by atomic mass is 10.2. The summed E-state index contributed by atoms with van der Waals surface area (Å²) in [5.41, 5.74) is 0.103. The molecule has 1 amide bonds. The third-order valence-electron chi connectivity index (χ3n) is 2.72. The Morgan fingerprint density at radius 1 is 1.43 bits per heavy atom. The maximum Gasteiger partial charge on any atom is 0.251 e. The van der Waals surface area contributed by atoms with Crippen molar-refractivity contribution >= 4 is 15.9 Å². The predicted octanol–water partition coefficient (Wildman–Crippen LogP) is 1.82. The number of carbonyl (C=O) groups excluding carboxylic acids is 1. The monoisotopic (exact) mass is 314 g/mol. The zero-order valence-electron chi connectivity index (χ0n) is 11.9. The Balaban J connectivity index is 2.99. The quantitative estimate of drug-likeness (QED) is 0.568. The fraction of sp³-hybridized carbons (Fsp3) is 0.357. The molecule has 1 aromatic carbocycles. The van der Waals surface area contributed by atoms with Gasteiger partial charge in [-0.2, -0.15) is 0 Å². The van der Waals surface area contributed by atoms with E-state index in [0.717, 1.165) is 25.0 Å². The Bertz CT molecular complexity index is 615. The zero-order valence-corrected chi connectivity index (χ0v) is 12.7. The van der Waals surface area contributed by atoms with Crippen LogP contribution >= 0.6 is 0 Å². The molecular weight excluding hydrogens is 295 g/mol. The molecule has 0 fully saturated rings. The summed E-state index contributed by atoms with van der Waals surface area (Å²) < 4.78 is 39.7. The van der Waals surface area contributed by atoms with E-state index >= 15 is 0 Å². The topological polar surface area (TPSA) is 75.3 Å². The summed E-state index contributed by atoms with van der Waals surface area (Å²) in [6.45, 7) is 5.84. The number of hydrogen-bond acceptors (Lipinski definition) is 3. The molecule has 5 nitrogen and oxygen atoms in total. The van der Waals surface area contributed by atoms with Crippen molar-refractivity contribution in [3.8, 4) is 0 Å². The Morgan fingerprint density at radius 2 is 2.14 bits per heavy atom.